The normalized spacial score (nSPS) is 16.8. The maximum absolute atomic E-state index is 11.9. The van der Waals surface area contributed by atoms with Gasteiger partial charge in [-0.1, -0.05) is 0 Å². The average Bonchev–Trinajstić information content (AvgIpc) is 3.71. The second-order valence-electron chi connectivity index (χ2n) is 9.52. The van der Waals surface area contributed by atoms with E-state index in [1.54, 1.807) is 47.3 Å². The fourth-order valence-corrected chi connectivity index (χ4v) is 6.62. The molecule has 1 aliphatic rings. The summed E-state index contributed by atoms with van der Waals surface area (Å²) in [5.41, 5.74) is 1.62. The molecule has 0 aliphatic heterocycles. The molecule has 0 spiro atoms. The number of halogens is 1. The van der Waals surface area contributed by atoms with Gasteiger partial charge in [-0.2, -0.15) is 9.78 Å². The molecule has 39 heavy (non-hydrogen) atoms. The van der Waals surface area contributed by atoms with Crippen molar-refractivity contribution in [1.29, 1.82) is 0 Å². The highest BCUT2D eigenvalue weighted by Crippen LogP contribution is 2.35. The Labute approximate surface area is 237 Å². The summed E-state index contributed by atoms with van der Waals surface area (Å²) in [6.45, 7) is 0. The predicted molar refractivity (Wildman–Crippen MR) is 156 cm³/mol. The van der Waals surface area contributed by atoms with Crippen LogP contribution in [0.3, 0.4) is 0 Å². The van der Waals surface area contributed by atoms with E-state index in [9.17, 15) is 4.79 Å². The molecule has 0 radical (unpaired) electrons. The van der Waals surface area contributed by atoms with E-state index in [4.69, 9.17) is 16.6 Å². The summed E-state index contributed by atoms with van der Waals surface area (Å²) < 4.78 is 1.37. The van der Waals surface area contributed by atoms with Gasteiger partial charge in [-0.3, -0.25) is 9.78 Å². The van der Waals surface area contributed by atoms with Crippen LogP contribution in [-0.4, -0.2) is 34.7 Å². The van der Waals surface area contributed by atoms with Gasteiger partial charge in [0.05, 0.1) is 11.9 Å². The van der Waals surface area contributed by atoms with E-state index in [2.05, 4.69) is 36.5 Å². The van der Waals surface area contributed by atoms with Gasteiger partial charge in [0, 0.05) is 47.5 Å². The molecule has 6 aromatic rings. The van der Waals surface area contributed by atoms with Crippen LogP contribution in [0.2, 0.25) is 5.28 Å². The monoisotopic (exact) mass is 573 g/mol. The summed E-state index contributed by atoms with van der Waals surface area (Å²) in [6, 6.07) is 11.1. The molecule has 0 bridgehead atoms. The second kappa shape index (κ2) is 11.6. The molecule has 6 aromatic heterocycles. The van der Waals surface area contributed by atoms with Crippen LogP contribution in [0, 0.1) is 11.8 Å². The first-order valence-corrected chi connectivity index (χ1v) is 14.8. The number of hydrogen-bond donors (Lipinski definition) is 0. The Balaban J connectivity index is 0.000000231. The molecule has 196 valence electrons. The molecule has 0 N–H and O–H groups in total. The fourth-order valence-electron chi connectivity index (χ4n) is 4.94. The van der Waals surface area contributed by atoms with E-state index in [1.807, 2.05) is 29.8 Å². The number of fused-ring (bicyclic) bond motifs is 2. The van der Waals surface area contributed by atoms with Crippen LogP contribution in [0.15, 0.2) is 76.7 Å². The standard InChI is InChI=1S/C22H21N5OS.C6H3ClN2S/c28-21-2-1-8-25-27(21)19-6-5-18(23-14-19)11-15-3-4-16(10-15)12-20-24-13-17-7-9-29-22(17)26-20;7-6-8-3-4-1-2-10-5(4)9-6/h1-2,5-9,13-16H,3-4,10-12H2;1-3H/t15-,16-;/m0./s1. The summed E-state index contributed by atoms with van der Waals surface area (Å²) in [5, 5.41) is 10.6. The molecule has 0 aromatic carbocycles. The van der Waals surface area contributed by atoms with Gasteiger partial charge < -0.3 is 0 Å². The molecule has 0 amide bonds. The Morgan fingerprint density at radius 2 is 1.59 bits per heavy atom. The molecule has 1 saturated carbocycles. The Morgan fingerprint density at radius 1 is 0.846 bits per heavy atom. The highest BCUT2D eigenvalue weighted by molar-refractivity contribution is 7.17. The van der Waals surface area contributed by atoms with Gasteiger partial charge in [-0.15, -0.1) is 22.7 Å². The molecule has 1 aliphatic carbocycles. The molecule has 11 heteroatoms. The Kier molecular flexibility index (Phi) is 7.67. The Hall–Kier alpha value is -3.60. The maximum Gasteiger partial charge on any atom is 0.271 e. The third-order valence-electron chi connectivity index (χ3n) is 6.82. The number of hydrogen-bond acceptors (Lipinski definition) is 9. The van der Waals surface area contributed by atoms with Crippen molar-refractivity contribution in [1.82, 2.24) is 34.7 Å². The topological polar surface area (TPSA) is 99.3 Å². The number of pyridine rings is 1. The van der Waals surface area contributed by atoms with Gasteiger partial charge in [-0.05, 0) is 90.2 Å². The third kappa shape index (κ3) is 6.19. The smallest absolute Gasteiger partial charge is 0.267 e. The van der Waals surface area contributed by atoms with Crippen LogP contribution in [0.25, 0.3) is 26.1 Å². The van der Waals surface area contributed by atoms with Crippen molar-refractivity contribution in [2.75, 3.05) is 0 Å². The summed E-state index contributed by atoms with van der Waals surface area (Å²) >= 11 is 8.80. The van der Waals surface area contributed by atoms with Crippen LogP contribution in [0.4, 0.5) is 0 Å². The first-order valence-electron chi connectivity index (χ1n) is 12.7. The number of nitrogens with zero attached hydrogens (tertiary/aromatic N) is 7. The van der Waals surface area contributed by atoms with Crippen molar-refractivity contribution in [2.24, 2.45) is 11.8 Å². The van der Waals surface area contributed by atoms with E-state index < -0.39 is 0 Å². The van der Waals surface area contributed by atoms with Gasteiger partial charge in [-0.25, -0.2) is 19.9 Å². The lowest BCUT2D eigenvalue weighted by Gasteiger charge is -2.11. The number of thiophene rings is 2. The summed E-state index contributed by atoms with van der Waals surface area (Å²) in [5.74, 6) is 2.25. The van der Waals surface area contributed by atoms with Gasteiger partial charge in [0.15, 0.2) is 0 Å². The molecular formula is C28H24ClN7OS2. The first kappa shape index (κ1) is 25.7. The zero-order chi connectivity index (χ0) is 26.6. The first-order chi connectivity index (χ1) is 19.1. The van der Waals surface area contributed by atoms with Gasteiger partial charge in [0.2, 0.25) is 5.28 Å². The third-order valence-corrected chi connectivity index (χ3v) is 8.65. The highest BCUT2D eigenvalue weighted by Gasteiger charge is 2.26. The molecule has 6 heterocycles. The van der Waals surface area contributed by atoms with Crippen molar-refractivity contribution < 1.29 is 0 Å². The second-order valence-corrected chi connectivity index (χ2v) is 11.6. The lowest BCUT2D eigenvalue weighted by molar-refractivity contribution is 0.477. The maximum atomic E-state index is 11.9. The zero-order valence-electron chi connectivity index (χ0n) is 20.9. The molecule has 1 fully saturated rings. The molecule has 0 unspecified atom stereocenters. The summed E-state index contributed by atoms with van der Waals surface area (Å²) in [7, 11) is 0. The number of rotatable bonds is 5. The van der Waals surface area contributed by atoms with Crippen molar-refractivity contribution >= 4 is 54.7 Å². The minimum Gasteiger partial charge on any atom is -0.267 e. The Morgan fingerprint density at radius 3 is 2.33 bits per heavy atom. The van der Waals surface area contributed by atoms with Gasteiger partial charge >= 0.3 is 0 Å². The highest BCUT2D eigenvalue weighted by atomic mass is 35.5. The lowest BCUT2D eigenvalue weighted by atomic mass is 9.97. The molecular weight excluding hydrogens is 550 g/mol. The largest absolute Gasteiger partial charge is 0.271 e. The predicted octanol–water partition coefficient (Wildman–Crippen LogP) is 6.18. The quantitative estimate of drug-likeness (QED) is 0.227. The summed E-state index contributed by atoms with van der Waals surface area (Å²) in [6.07, 6.45) is 12.6. The van der Waals surface area contributed by atoms with Crippen LogP contribution in [-0.2, 0) is 12.8 Å². The van der Waals surface area contributed by atoms with Crippen LogP contribution < -0.4 is 5.56 Å². The van der Waals surface area contributed by atoms with Crippen molar-refractivity contribution in [2.45, 2.75) is 32.1 Å². The zero-order valence-corrected chi connectivity index (χ0v) is 23.2. The average molecular weight is 574 g/mol. The molecule has 0 saturated heterocycles. The van der Waals surface area contributed by atoms with Crippen molar-refractivity contribution in [3.63, 3.8) is 0 Å². The van der Waals surface area contributed by atoms with Crippen LogP contribution in [0.1, 0.15) is 30.8 Å². The van der Waals surface area contributed by atoms with Gasteiger partial charge in [0.25, 0.3) is 5.56 Å². The van der Waals surface area contributed by atoms with E-state index in [1.165, 1.54) is 30.0 Å². The summed E-state index contributed by atoms with van der Waals surface area (Å²) in [4.78, 5) is 35.6. The SMILES string of the molecule is Clc1ncc2ccsc2n1.O=c1cccnn1-c1ccc(C[C@H]2CC[C@H](Cc3ncc4ccsc4n3)C2)nc1. The van der Waals surface area contributed by atoms with Crippen LogP contribution >= 0.6 is 34.3 Å². The van der Waals surface area contributed by atoms with E-state index in [0.29, 0.717) is 22.8 Å². The van der Waals surface area contributed by atoms with Crippen molar-refractivity contribution in [3.8, 4) is 5.69 Å². The minimum atomic E-state index is -0.149. The molecule has 7 rings (SSSR count). The Bertz CT molecular complexity index is 1770. The van der Waals surface area contributed by atoms with E-state index in [0.717, 1.165) is 44.8 Å². The van der Waals surface area contributed by atoms with E-state index >= 15 is 0 Å². The lowest BCUT2D eigenvalue weighted by Crippen LogP contribution is -2.19. The minimum absolute atomic E-state index is 0.149. The fraction of sp³-hybridized carbons (Fsp3) is 0.250. The van der Waals surface area contributed by atoms with Gasteiger partial charge in [0.1, 0.15) is 15.5 Å². The number of aromatic nitrogens is 7. The van der Waals surface area contributed by atoms with E-state index in [-0.39, 0.29) is 5.56 Å². The molecule has 2 atom stereocenters. The van der Waals surface area contributed by atoms with Crippen molar-refractivity contribution in [3.05, 3.63) is 99.1 Å². The van der Waals surface area contributed by atoms with Crippen LogP contribution in [0.5, 0.6) is 0 Å². The molecule has 8 nitrogen and oxygen atoms in total.